The lowest BCUT2D eigenvalue weighted by atomic mass is 9.99. The molecule has 0 aliphatic heterocycles. The van der Waals surface area contributed by atoms with Gasteiger partial charge < -0.3 is 0 Å². The lowest BCUT2D eigenvalue weighted by Crippen LogP contribution is -2.13. The topological polar surface area (TPSA) is 17.1 Å². The fourth-order valence-electron chi connectivity index (χ4n) is 2.62. The van der Waals surface area contributed by atoms with E-state index in [2.05, 4.69) is 0 Å². The molecule has 4 heteroatoms. The summed E-state index contributed by atoms with van der Waals surface area (Å²) in [7, 11) is 0. The van der Waals surface area contributed by atoms with E-state index < -0.39 is 17.5 Å². The van der Waals surface area contributed by atoms with Gasteiger partial charge >= 0.3 is 6.18 Å². The number of hydrogen-bond acceptors (Lipinski definition) is 1. The molecular formula is C21H15F3O. The van der Waals surface area contributed by atoms with Crippen molar-refractivity contribution in [3.05, 3.63) is 89.5 Å². The highest BCUT2D eigenvalue weighted by Crippen LogP contribution is 2.34. The standard InChI is InChI=1S/C21H15F3O/c1-14-6-8-16(9-7-14)19(21(22,23)24)13-20(25)18-11-10-15-4-2-3-5-17(15)12-18/h2-13H,1H3/b19-13+. The maximum Gasteiger partial charge on any atom is 0.417 e. The fraction of sp³-hybridized carbons (Fsp3) is 0.0952. The number of hydrogen-bond donors (Lipinski definition) is 0. The summed E-state index contributed by atoms with van der Waals surface area (Å²) in [5, 5.41) is 1.74. The predicted octanol–water partition coefficient (Wildman–Crippen LogP) is 5.98. The number of allylic oxidation sites excluding steroid dienone is 2. The lowest BCUT2D eigenvalue weighted by molar-refractivity contribution is -0.0689. The summed E-state index contributed by atoms with van der Waals surface area (Å²) < 4.78 is 40.2. The average Bonchev–Trinajstić information content (AvgIpc) is 2.59. The van der Waals surface area contributed by atoms with Crippen molar-refractivity contribution in [2.75, 3.05) is 0 Å². The first-order valence-electron chi connectivity index (χ1n) is 7.74. The fourth-order valence-corrected chi connectivity index (χ4v) is 2.62. The van der Waals surface area contributed by atoms with Crippen LogP contribution >= 0.6 is 0 Å². The van der Waals surface area contributed by atoms with Crippen LogP contribution in [0.1, 0.15) is 21.5 Å². The molecule has 0 aliphatic carbocycles. The highest BCUT2D eigenvalue weighted by atomic mass is 19.4. The normalized spacial score (nSPS) is 12.4. The number of rotatable bonds is 3. The van der Waals surface area contributed by atoms with E-state index in [1.807, 2.05) is 24.3 Å². The van der Waals surface area contributed by atoms with Gasteiger partial charge in [-0.2, -0.15) is 13.2 Å². The molecule has 0 saturated carbocycles. The molecule has 0 spiro atoms. The van der Waals surface area contributed by atoms with Gasteiger partial charge in [0.2, 0.25) is 0 Å². The highest BCUT2D eigenvalue weighted by Gasteiger charge is 2.35. The van der Waals surface area contributed by atoms with Gasteiger partial charge in [0.15, 0.2) is 5.78 Å². The molecule has 0 heterocycles. The Balaban J connectivity index is 2.03. The van der Waals surface area contributed by atoms with E-state index in [0.29, 0.717) is 6.08 Å². The zero-order valence-corrected chi connectivity index (χ0v) is 13.5. The Morgan fingerprint density at radius 3 is 2.08 bits per heavy atom. The number of aryl methyl sites for hydroxylation is 1. The summed E-state index contributed by atoms with van der Waals surface area (Å²) in [5.74, 6) is -0.668. The molecule has 0 unspecified atom stereocenters. The highest BCUT2D eigenvalue weighted by molar-refractivity contribution is 6.10. The van der Waals surface area contributed by atoms with Gasteiger partial charge in [-0.3, -0.25) is 4.79 Å². The van der Waals surface area contributed by atoms with Crippen LogP contribution in [0.4, 0.5) is 13.2 Å². The van der Waals surface area contributed by atoms with Gasteiger partial charge in [0.05, 0.1) is 5.57 Å². The summed E-state index contributed by atoms with van der Waals surface area (Å²) in [5.41, 5.74) is 0.122. The number of benzene rings is 3. The molecule has 0 fully saturated rings. The molecule has 126 valence electrons. The van der Waals surface area contributed by atoms with Crippen LogP contribution in [0.15, 0.2) is 72.8 Å². The number of fused-ring (bicyclic) bond motifs is 1. The summed E-state index contributed by atoms with van der Waals surface area (Å²) in [6.45, 7) is 1.79. The van der Waals surface area contributed by atoms with Crippen molar-refractivity contribution < 1.29 is 18.0 Å². The van der Waals surface area contributed by atoms with E-state index in [9.17, 15) is 18.0 Å². The molecule has 0 aromatic heterocycles. The Hall–Kier alpha value is -2.88. The predicted molar refractivity (Wildman–Crippen MR) is 93.5 cm³/mol. The Morgan fingerprint density at radius 1 is 0.840 bits per heavy atom. The van der Waals surface area contributed by atoms with Crippen molar-refractivity contribution in [1.82, 2.24) is 0 Å². The number of alkyl halides is 3. The maximum atomic E-state index is 13.4. The lowest BCUT2D eigenvalue weighted by Gasteiger charge is -2.12. The van der Waals surface area contributed by atoms with Gasteiger partial charge in [-0.25, -0.2) is 0 Å². The molecule has 0 atom stereocenters. The number of carbonyl (C=O) groups is 1. The molecule has 1 nitrogen and oxygen atoms in total. The van der Waals surface area contributed by atoms with E-state index in [1.54, 1.807) is 37.3 Å². The minimum Gasteiger partial charge on any atom is -0.289 e. The third-order valence-corrected chi connectivity index (χ3v) is 3.98. The monoisotopic (exact) mass is 340 g/mol. The van der Waals surface area contributed by atoms with Gasteiger partial charge in [0.1, 0.15) is 0 Å². The zero-order valence-electron chi connectivity index (χ0n) is 13.5. The smallest absolute Gasteiger partial charge is 0.289 e. The molecule has 0 bridgehead atoms. The summed E-state index contributed by atoms with van der Waals surface area (Å²) in [6.07, 6.45) is -3.93. The van der Waals surface area contributed by atoms with Crippen LogP contribution in [0, 0.1) is 6.92 Å². The summed E-state index contributed by atoms with van der Waals surface area (Å²) in [6, 6.07) is 18.2. The van der Waals surface area contributed by atoms with Gasteiger partial charge in [-0.05, 0) is 35.4 Å². The van der Waals surface area contributed by atoms with E-state index in [1.165, 1.54) is 12.1 Å². The summed E-state index contributed by atoms with van der Waals surface area (Å²) >= 11 is 0. The minimum atomic E-state index is -4.61. The second-order valence-electron chi connectivity index (χ2n) is 5.85. The quantitative estimate of drug-likeness (QED) is 0.424. The van der Waals surface area contributed by atoms with Crippen molar-refractivity contribution in [2.24, 2.45) is 0 Å². The average molecular weight is 340 g/mol. The van der Waals surface area contributed by atoms with Crippen LogP contribution in [-0.2, 0) is 0 Å². The first kappa shape index (κ1) is 17.0. The van der Waals surface area contributed by atoms with Crippen molar-refractivity contribution in [3.8, 4) is 0 Å². The molecule has 0 N–H and O–H groups in total. The molecule has 3 aromatic carbocycles. The molecule has 0 radical (unpaired) electrons. The zero-order chi connectivity index (χ0) is 18.0. The second-order valence-corrected chi connectivity index (χ2v) is 5.85. The largest absolute Gasteiger partial charge is 0.417 e. The summed E-state index contributed by atoms with van der Waals surface area (Å²) in [4.78, 5) is 12.4. The van der Waals surface area contributed by atoms with E-state index in [4.69, 9.17) is 0 Å². The van der Waals surface area contributed by atoms with Crippen molar-refractivity contribution in [2.45, 2.75) is 13.1 Å². The third-order valence-electron chi connectivity index (χ3n) is 3.98. The van der Waals surface area contributed by atoms with Crippen LogP contribution in [0.5, 0.6) is 0 Å². The molecular weight excluding hydrogens is 325 g/mol. The van der Waals surface area contributed by atoms with E-state index >= 15 is 0 Å². The Bertz CT molecular complexity index is 951. The van der Waals surface area contributed by atoms with Crippen LogP contribution in [0.25, 0.3) is 16.3 Å². The van der Waals surface area contributed by atoms with Crippen LogP contribution in [0.2, 0.25) is 0 Å². The van der Waals surface area contributed by atoms with Gasteiger partial charge in [0, 0.05) is 5.56 Å². The van der Waals surface area contributed by atoms with Gasteiger partial charge in [0.25, 0.3) is 0 Å². The molecule has 3 rings (SSSR count). The molecule has 0 saturated heterocycles. The minimum absolute atomic E-state index is 0.0211. The van der Waals surface area contributed by atoms with Gasteiger partial charge in [-0.1, -0.05) is 66.2 Å². The van der Waals surface area contributed by atoms with Crippen LogP contribution in [0.3, 0.4) is 0 Å². The van der Waals surface area contributed by atoms with Crippen molar-refractivity contribution in [1.29, 1.82) is 0 Å². The Morgan fingerprint density at radius 2 is 1.44 bits per heavy atom. The molecule has 0 amide bonds. The Labute approximate surface area is 143 Å². The van der Waals surface area contributed by atoms with E-state index in [-0.39, 0.29) is 11.1 Å². The number of carbonyl (C=O) groups excluding carboxylic acids is 1. The van der Waals surface area contributed by atoms with Crippen LogP contribution in [-0.4, -0.2) is 12.0 Å². The Kier molecular flexibility index (Phi) is 4.45. The van der Waals surface area contributed by atoms with E-state index in [0.717, 1.165) is 16.3 Å². The van der Waals surface area contributed by atoms with Crippen molar-refractivity contribution in [3.63, 3.8) is 0 Å². The number of ketones is 1. The first-order valence-corrected chi connectivity index (χ1v) is 7.74. The van der Waals surface area contributed by atoms with Crippen LogP contribution < -0.4 is 0 Å². The van der Waals surface area contributed by atoms with Gasteiger partial charge in [-0.15, -0.1) is 0 Å². The molecule has 25 heavy (non-hydrogen) atoms. The SMILES string of the molecule is Cc1ccc(/C(=C\C(=O)c2ccc3ccccc3c2)C(F)(F)F)cc1. The first-order chi connectivity index (χ1) is 11.8. The maximum absolute atomic E-state index is 13.4. The second kappa shape index (κ2) is 6.55. The third kappa shape index (κ3) is 3.79. The van der Waals surface area contributed by atoms with Crippen molar-refractivity contribution >= 4 is 22.1 Å². The molecule has 3 aromatic rings. The molecule has 0 aliphatic rings. The number of halogens is 3.